The van der Waals surface area contributed by atoms with E-state index < -0.39 is 18.2 Å². The minimum atomic E-state index is -0.982. The summed E-state index contributed by atoms with van der Waals surface area (Å²) in [6.45, 7) is 2.16. The molecule has 1 amide bonds. The van der Waals surface area contributed by atoms with Crippen LogP contribution in [0.25, 0.3) is 0 Å². The number of nitrogens with one attached hydrogen (secondary N) is 2. The van der Waals surface area contributed by atoms with Gasteiger partial charge in [0.2, 0.25) is 5.91 Å². The molecule has 1 aliphatic rings. The molecule has 5 N–H and O–H groups in total. The molecule has 0 saturated carbocycles. The summed E-state index contributed by atoms with van der Waals surface area (Å²) in [5.74, 6) is -0.140. The van der Waals surface area contributed by atoms with Crippen LogP contribution in [0.1, 0.15) is 30.9 Å². The van der Waals surface area contributed by atoms with Crippen LogP contribution in [0.2, 0.25) is 0 Å². The third kappa shape index (κ3) is 4.51. The van der Waals surface area contributed by atoms with Crippen molar-refractivity contribution in [2.24, 2.45) is 0 Å². The summed E-state index contributed by atoms with van der Waals surface area (Å²) in [6.07, 6.45) is -0.230. The molecular weight excluding hydrogens is 296 g/mol. The molecule has 6 nitrogen and oxygen atoms in total. The number of carbonyl (C=O) groups excluding carboxylic acids is 1. The first-order valence-corrected chi connectivity index (χ1v) is 8.13. The normalized spacial score (nSPS) is 27.7. The number of rotatable bonds is 6. The molecule has 128 valence electrons. The first-order valence-electron chi connectivity index (χ1n) is 8.13. The highest BCUT2D eigenvalue weighted by Crippen LogP contribution is 2.18. The van der Waals surface area contributed by atoms with Gasteiger partial charge < -0.3 is 26.0 Å². The molecular formula is C17H26N2O4. The van der Waals surface area contributed by atoms with E-state index in [1.165, 1.54) is 0 Å². The quantitative estimate of drug-likeness (QED) is 0.495. The zero-order valence-electron chi connectivity index (χ0n) is 13.4. The third-order valence-electron chi connectivity index (χ3n) is 4.46. The maximum Gasteiger partial charge on any atom is 0.220 e. The summed E-state index contributed by atoms with van der Waals surface area (Å²) in [5, 5.41) is 35.8. The highest BCUT2D eigenvalue weighted by molar-refractivity contribution is 5.75. The second-order valence-corrected chi connectivity index (χ2v) is 5.99. The molecule has 0 unspecified atom stereocenters. The van der Waals surface area contributed by atoms with E-state index in [1.54, 1.807) is 6.92 Å². The highest BCUT2D eigenvalue weighted by atomic mass is 16.3. The van der Waals surface area contributed by atoms with Crippen molar-refractivity contribution < 1.29 is 20.1 Å². The summed E-state index contributed by atoms with van der Waals surface area (Å²) in [6, 6.07) is 6.93. The summed E-state index contributed by atoms with van der Waals surface area (Å²) in [5.41, 5.74) is 1.92. The Hall–Kier alpha value is -1.47. The number of hydrogen-bond donors (Lipinski definition) is 5. The molecule has 1 aromatic rings. The lowest BCUT2D eigenvalue weighted by molar-refractivity contribution is -0.124. The molecule has 6 heteroatoms. The summed E-state index contributed by atoms with van der Waals surface area (Å²) in [7, 11) is 0. The molecule has 0 bridgehead atoms. The first-order chi connectivity index (χ1) is 11.1. The molecule has 0 spiro atoms. The van der Waals surface area contributed by atoms with Gasteiger partial charge >= 0.3 is 0 Å². The Morgan fingerprint density at radius 2 is 1.96 bits per heavy atom. The second kappa shape index (κ2) is 8.40. The Morgan fingerprint density at radius 1 is 1.26 bits per heavy atom. The Bertz CT molecular complexity index is 523. The number of aryl methyl sites for hydroxylation is 1. The van der Waals surface area contributed by atoms with Crippen LogP contribution in [0.3, 0.4) is 0 Å². The van der Waals surface area contributed by atoms with E-state index in [-0.39, 0.29) is 18.6 Å². The third-order valence-corrected chi connectivity index (χ3v) is 4.46. The van der Waals surface area contributed by atoms with Crippen molar-refractivity contribution in [3.05, 3.63) is 35.4 Å². The fourth-order valence-corrected chi connectivity index (χ4v) is 2.98. The Kier molecular flexibility index (Phi) is 6.53. The van der Waals surface area contributed by atoms with E-state index in [0.29, 0.717) is 25.8 Å². The van der Waals surface area contributed by atoms with Gasteiger partial charge in [-0.25, -0.2) is 0 Å². The number of carbonyl (C=O) groups is 1. The van der Waals surface area contributed by atoms with Crippen molar-refractivity contribution in [1.29, 1.82) is 0 Å². The van der Waals surface area contributed by atoms with Crippen molar-refractivity contribution >= 4 is 5.91 Å². The predicted octanol–water partition coefficient (Wildman–Crippen LogP) is -0.300. The van der Waals surface area contributed by atoms with Gasteiger partial charge in [0.1, 0.15) is 6.10 Å². The maximum absolute atomic E-state index is 11.4. The Morgan fingerprint density at radius 3 is 2.61 bits per heavy atom. The van der Waals surface area contributed by atoms with Gasteiger partial charge in [-0.3, -0.25) is 4.79 Å². The molecule has 4 atom stereocenters. The van der Waals surface area contributed by atoms with E-state index in [4.69, 9.17) is 0 Å². The summed E-state index contributed by atoms with van der Waals surface area (Å²) >= 11 is 0. The fraction of sp³-hybridized carbons (Fsp3) is 0.588. The van der Waals surface area contributed by atoms with E-state index in [2.05, 4.69) is 10.6 Å². The van der Waals surface area contributed by atoms with Crippen molar-refractivity contribution in [3.8, 4) is 0 Å². The van der Waals surface area contributed by atoms with Gasteiger partial charge in [-0.1, -0.05) is 31.2 Å². The van der Waals surface area contributed by atoms with Crippen molar-refractivity contribution in [1.82, 2.24) is 10.6 Å². The van der Waals surface area contributed by atoms with Crippen molar-refractivity contribution in [2.45, 2.75) is 57.1 Å². The van der Waals surface area contributed by atoms with Crippen LogP contribution < -0.4 is 10.6 Å². The van der Waals surface area contributed by atoms with Crippen LogP contribution in [0.4, 0.5) is 0 Å². The SMILES string of the molecule is CCC(=O)N[C@H]1CN[C@H](CCc2ccccc2CO)[C@@H](O)[C@@H]1O. The number of piperidine rings is 1. The monoisotopic (exact) mass is 322 g/mol. The standard InChI is InChI=1S/C17H26N2O4/c1-2-15(21)19-14-9-18-13(16(22)17(14)23)8-7-11-5-3-4-6-12(11)10-20/h3-6,13-14,16-18,20,22-23H,2,7-10H2,1H3,(H,19,21)/t13-,14+,16-,17-/m1/s1. The van der Waals surface area contributed by atoms with E-state index in [0.717, 1.165) is 11.1 Å². The van der Waals surface area contributed by atoms with Gasteiger partial charge in [0.15, 0.2) is 0 Å². The number of aliphatic hydroxyl groups is 3. The fourth-order valence-electron chi connectivity index (χ4n) is 2.98. The zero-order valence-corrected chi connectivity index (χ0v) is 13.4. The molecule has 23 heavy (non-hydrogen) atoms. The second-order valence-electron chi connectivity index (χ2n) is 5.99. The summed E-state index contributed by atoms with van der Waals surface area (Å²) in [4.78, 5) is 11.4. The topological polar surface area (TPSA) is 102 Å². The lowest BCUT2D eigenvalue weighted by atomic mass is 9.89. The smallest absolute Gasteiger partial charge is 0.220 e. The van der Waals surface area contributed by atoms with Gasteiger partial charge in [-0.15, -0.1) is 0 Å². The Balaban J connectivity index is 1.91. The average molecular weight is 322 g/mol. The van der Waals surface area contributed by atoms with E-state index >= 15 is 0 Å². The molecule has 1 fully saturated rings. The van der Waals surface area contributed by atoms with Gasteiger partial charge in [0.25, 0.3) is 0 Å². The summed E-state index contributed by atoms with van der Waals surface area (Å²) < 4.78 is 0. The minimum Gasteiger partial charge on any atom is -0.392 e. The average Bonchev–Trinajstić information content (AvgIpc) is 2.58. The molecule has 2 rings (SSSR count). The number of aliphatic hydroxyl groups excluding tert-OH is 3. The van der Waals surface area contributed by atoms with Crippen LogP contribution >= 0.6 is 0 Å². The molecule has 0 aromatic heterocycles. The Labute approximate surface area is 136 Å². The zero-order chi connectivity index (χ0) is 16.8. The van der Waals surface area contributed by atoms with Crippen molar-refractivity contribution in [2.75, 3.05) is 6.54 Å². The molecule has 1 aromatic carbocycles. The number of benzene rings is 1. The van der Waals surface area contributed by atoms with Crippen LogP contribution in [0.5, 0.6) is 0 Å². The molecule has 0 aliphatic carbocycles. The van der Waals surface area contributed by atoms with E-state index in [9.17, 15) is 20.1 Å². The lowest BCUT2D eigenvalue weighted by Crippen LogP contribution is -2.64. The van der Waals surface area contributed by atoms with Crippen LogP contribution in [0.15, 0.2) is 24.3 Å². The van der Waals surface area contributed by atoms with Crippen molar-refractivity contribution in [3.63, 3.8) is 0 Å². The van der Waals surface area contributed by atoms with E-state index in [1.807, 2.05) is 24.3 Å². The van der Waals surface area contributed by atoms with Crippen LogP contribution in [-0.2, 0) is 17.8 Å². The van der Waals surface area contributed by atoms with Gasteiger partial charge in [-0.05, 0) is 24.0 Å². The van der Waals surface area contributed by atoms with Gasteiger partial charge in [-0.2, -0.15) is 0 Å². The number of hydrogen-bond acceptors (Lipinski definition) is 5. The first kappa shape index (κ1) is 17.9. The van der Waals surface area contributed by atoms with Crippen LogP contribution in [-0.4, -0.2) is 52.1 Å². The maximum atomic E-state index is 11.4. The largest absolute Gasteiger partial charge is 0.392 e. The molecule has 1 saturated heterocycles. The van der Waals surface area contributed by atoms with Gasteiger partial charge in [0.05, 0.1) is 18.8 Å². The van der Waals surface area contributed by atoms with Gasteiger partial charge in [0, 0.05) is 19.0 Å². The number of amides is 1. The molecule has 0 radical (unpaired) electrons. The van der Waals surface area contributed by atoms with Crippen LogP contribution in [0, 0.1) is 0 Å². The molecule has 1 aliphatic heterocycles. The highest BCUT2D eigenvalue weighted by Gasteiger charge is 2.37. The minimum absolute atomic E-state index is 0.00935. The molecule has 1 heterocycles. The lowest BCUT2D eigenvalue weighted by Gasteiger charge is -2.39. The predicted molar refractivity (Wildman–Crippen MR) is 86.7 cm³/mol.